The van der Waals surface area contributed by atoms with Gasteiger partial charge in [-0.3, -0.25) is 19.2 Å². The van der Waals surface area contributed by atoms with Crippen molar-refractivity contribution in [2.24, 2.45) is 0 Å². The lowest BCUT2D eigenvalue weighted by Crippen LogP contribution is -2.31. The van der Waals surface area contributed by atoms with E-state index in [9.17, 15) is 39.6 Å². The van der Waals surface area contributed by atoms with Crippen LogP contribution >= 0.6 is 0 Å². The zero-order valence-corrected chi connectivity index (χ0v) is 30.6. The van der Waals surface area contributed by atoms with Crippen LogP contribution in [0.4, 0.5) is 0 Å². The molecule has 0 atom stereocenters. The van der Waals surface area contributed by atoms with Gasteiger partial charge in [-0.25, -0.2) is 0 Å². The molecule has 0 saturated heterocycles. The van der Waals surface area contributed by atoms with Crippen LogP contribution in [0.1, 0.15) is 96.8 Å². The molecule has 0 unspecified atom stereocenters. The molecular formula is C41H46O11. The molecule has 0 radical (unpaired) electrons. The highest BCUT2D eigenvalue weighted by atomic mass is 16.5. The maximum Gasteiger partial charge on any atom is 0.193 e. The standard InChI is InChI=1S/2C20H22O5.CH2O/c2*1-19(2,23)17(21)13-5-9-15(10-6-13)25-16-11-7-14(8-12-16)18(22)20(3,4)24;1-2/h2*5-12,23-24H,1-4H3;1H2. The van der Waals surface area contributed by atoms with Crippen molar-refractivity contribution in [2.45, 2.75) is 77.8 Å². The first kappa shape index (κ1) is 42.8. The van der Waals surface area contributed by atoms with Gasteiger partial charge in [-0.05, 0) is 152 Å². The third kappa shape index (κ3) is 12.5. The molecule has 0 aliphatic heterocycles. The Bertz CT molecular complexity index is 1540. The lowest BCUT2D eigenvalue weighted by atomic mass is 9.97. The van der Waals surface area contributed by atoms with E-state index in [1.165, 1.54) is 55.4 Å². The summed E-state index contributed by atoms with van der Waals surface area (Å²) in [7, 11) is 0. The van der Waals surface area contributed by atoms with Crippen molar-refractivity contribution in [3.05, 3.63) is 119 Å². The summed E-state index contributed by atoms with van der Waals surface area (Å²) in [6.07, 6.45) is 0. The van der Waals surface area contributed by atoms with E-state index in [0.29, 0.717) is 45.3 Å². The van der Waals surface area contributed by atoms with Crippen LogP contribution in [0.2, 0.25) is 0 Å². The fraction of sp³-hybridized carbons (Fsp3) is 0.293. The minimum atomic E-state index is -1.43. The van der Waals surface area contributed by atoms with Crippen molar-refractivity contribution in [1.82, 2.24) is 0 Å². The van der Waals surface area contributed by atoms with E-state index in [4.69, 9.17) is 14.3 Å². The predicted octanol–water partition coefficient (Wildman–Crippen LogP) is 6.59. The summed E-state index contributed by atoms with van der Waals surface area (Å²) in [5, 5.41) is 39.0. The summed E-state index contributed by atoms with van der Waals surface area (Å²) >= 11 is 0. The second-order valence-electron chi connectivity index (χ2n) is 13.9. The number of hydrogen-bond donors (Lipinski definition) is 4. The van der Waals surface area contributed by atoms with Gasteiger partial charge < -0.3 is 34.7 Å². The van der Waals surface area contributed by atoms with Crippen molar-refractivity contribution in [1.29, 1.82) is 0 Å². The first-order chi connectivity index (χ1) is 24.0. The Hall–Kier alpha value is -5.33. The maximum atomic E-state index is 12.0. The summed E-state index contributed by atoms with van der Waals surface area (Å²) < 4.78 is 11.3. The van der Waals surface area contributed by atoms with Crippen LogP contribution in [0.3, 0.4) is 0 Å². The van der Waals surface area contributed by atoms with Gasteiger partial charge in [0.25, 0.3) is 0 Å². The first-order valence-corrected chi connectivity index (χ1v) is 16.1. The van der Waals surface area contributed by atoms with Gasteiger partial charge in [0.2, 0.25) is 0 Å². The number of carbonyl (C=O) groups excluding carboxylic acids is 5. The minimum absolute atomic E-state index is 0.367. The molecule has 0 saturated carbocycles. The number of hydrogen-bond acceptors (Lipinski definition) is 11. The van der Waals surface area contributed by atoms with E-state index in [0.717, 1.165) is 0 Å². The Morgan fingerprint density at radius 1 is 0.365 bits per heavy atom. The number of aliphatic hydroxyl groups is 4. The average Bonchev–Trinajstić information content (AvgIpc) is 3.08. The predicted molar refractivity (Wildman–Crippen MR) is 196 cm³/mol. The number of carbonyl (C=O) groups is 5. The number of benzene rings is 4. The summed E-state index contributed by atoms with van der Waals surface area (Å²) in [6, 6.07) is 25.8. The molecule has 4 N–H and O–H groups in total. The first-order valence-electron chi connectivity index (χ1n) is 16.1. The van der Waals surface area contributed by atoms with Crippen molar-refractivity contribution in [3.8, 4) is 23.0 Å². The lowest BCUT2D eigenvalue weighted by Gasteiger charge is -2.16. The molecule has 0 amide bonds. The minimum Gasteiger partial charge on any atom is -0.457 e. The molecular weight excluding hydrogens is 668 g/mol. The van der Waals surface area contributed by atoms with E-state index in [2.05, 4.69) is 0 Å². The van der Waals surface area contributed by atoms with Gasteiger partial charge in [-0.1, -0.05) is 0 Å². The molecule has 0 fully saturated rings. The van der Waals surface area contributed by atoms with Crippen molar-refractivity contribution in [2.75, 3.05) is 0 Å². The summed E-state index contributed by atoms with van der Waals surface area (Å²) in [6.45, 7) is 13.5. The molecule has 11 nitrogen and oxygen atoms in total. The van der Waals surface area contributed by atoms with Gasteiger partial charge in [0, 0.05) is 22.3 Å². The highest BCUT2D eigenvalue weighted by molar-refractivity contribution is 6.03. The van der Waals surface area contributed by atoms with Crippen LogP contribution in [0.15, 0.2) is 97.1 Å². The van der Waals surface area contributed by atoms with E-state index in [1.807, 2.05) is 6.79 Å². The molecule has 0 heterocycles. The van der Waals surface area contributed by atoms with Crippen molar-refractivity contribution >= 4 is 29.9 Å². The molecule has 0 aliphatic carbocycles. The largest absolute Gasteiger partial charge is 0.457 e. The molecule has 0 spiro atoms. The quantitative estimate of drug-likeness (QED) is 0.116. The molecule has 0 aliphatic rings. The van der Waals surface area contributed by atoms with Gasteiger partial charge in [0.1, 0.15) is 52.2 Å². The Morgan fingerprint density at radius 3 is 0.615 bits per heavy atom. The molecule has 0 bridgehead atoms. The molecule has 0 aromatic heterocycles. The number of ketones is 4. The zero-order chi connectivity index (χ0) is 39.7. The van der Waals surface area contributed by atoms with E-state index in [-0.39, 0.29) is 23.1 Å². The van der Waals surface area contributed by atoms with Crippen LogP contribution in [-0.2, 0) is 4.79 Å². The third-order valence-electron chi connectivity index (χ3n) is 7.16. The number of ether oxygens (including phenoxy) is 2. The molecule has 11 heteroatoms. The Labute approximate surface area is 303 Å². The maximum absolute atomic E-state index is 12.0. The van der Waals surface area contributed by atoms with Gasteiger partial charge in [-0.15, -0.1) is 0 Å². The Morgan fingerprint density at radius 2 is 0.500 bits per heavy atom. The number of rotatable bonds is 12. The topological polar surface area (TPSA) is 185 Å². The van der Waals surface area contributed by atoms with E-state index >= 15 is 0 Å². The Kier molecular flexibility index (Phi) is 14.2. The van der Waals surface area contributed by atoms with Gasteiger partial charge in [0.05, 0.1) is 0 Å². The van der Waals surface area contributed by atoms with Crippen molar-refractivity contribution in [3.63, 3.8) is 0 Å². The molecule has 52 heavy (non-hydrogen) atoms. The molecule has 4 rings (SSSR count). The van der Waals surface area contributed by atoms with Crippen LogP contribution < -0.4 is 9.47 Å². The second-order valence-corrected chi connectivity index (χ2v) is 13.9. The highest BCUT2D eigenvalue weighted by Crippen LogP contribution is 2.26. The monoisotopic (exact) mass is 714 g/mol. The summed E-state index contributed by atoms with van der Waals surface area (Å²) in [5.74, 6) is 0.620. The molecule has 4 aromatic rings. The highest BCUT2D eigenvalue weighted by Gasteiger charge is 2.27. The van der Waals surface area contributed by atoms with Gasteiger partial charge >= 0.3 is 0 Å². The third-order valence-corrected chi connectivity index (χ3v) is 7.16. The second kappa shape index (κ2) is 17.3. The van der Waals surface area contributed by atoms with E-state index in [1.54, 1.807) is 97.1 Å². The van der Waals surface area contributed by atoms with Gasteiger partial charge in [0.15, 0.2) is 23.1 Å². The Balaban J connectivity index is 0.000000344. The SMILES string of the molecule is C=O.CC(C)(O)C(=O)c1ccc(Oc2ccc(C(=O)C(C)(C)O)cc2)cc1.CC(C)(O)C(=O)c1ccc(Oc2ccc(C(=O)C(C)(C)O)cc2)cc1. The molecule has 276 valence electrons. The lowest BCUT2D eigenvalue weighted by molar-refractivity contribution is -0.0980. The fourth-order valence-electron chi connectivity index (χ4n) is 4.38. The molecule has 4 aromatic carbocycles. The fourth-order valence-corrected chi connectivity index (χ4v) is 4.38. The van der Waals surface area contributed by atoms with Crippen LogP contribution in [0.25, 0.3) is 0 Å². The van der Waals surface area contributed by atoms with E-state index < -0.39 is 22.4 Å². The van der Waals surface area contributed by atoms with Gasteiger partial charge in [-0.2, -0.15) is 0 Å². The van der Waals surface area contributed by atoms with Crippen LogP contribution in [0.5, 0.6) is 23.0 Å². The van der Waals surface area contributed by atoms with Crippen molar-refractivity contribution < 1.29 is 53.9 Å². The smallest absolute Gasteiger partial charge is 0.193 e. The normalized spacial score (nSPS) is 11.5. The number of Topliss-reactive ketones (excluding diaryl/α,β-unsaturated/α-hetero) is 4. The summed E-state index contributed by atoms with van der Waals surface area (Å²) in [5.41, 5.74) is -4.12. The van der Waals surface area contributed by atoms with Crippen LogP contribution in [0, 0.1) is 0 Å². The zero-order valence-electron chi connectivity index (χ0n) is 30.6. The average molecular weight is 715 g/mol. The summed E-state index contributed by atoms with van der Waals surface area (Å²) in [4.78, 5) is 55.9. The van der Waals surface area contributed by atoms with Crippen LogP contribution in [-0.4, -0.2) is 72.8 Å².